The fourth-order valence-electron chi connectivity index (χ4n) is 1.81. The van der Waals surface area contributed by atoms with Crippen LogP contribution < -0.4 is 5.32 Å². The predicted octanol–water partition coefficient (Wildman–Crippen LogP) is 1.74. The number of hydrogen-bond donors (Lipinski definition) is 1. The van der Waals surface area contributed by atoms with Crippen molar-refractivity contribution in [2.45, 2.75) is 38.1 Å². The lowest BCUT2D eigenvalue weighted by Crippen LogP contribution is -2.38. The molecule has 0 aromatic carbocycles. The maximum absolute atomic E-state index is 4.58. The molecule has 2 unspecified atom stereocenters. The zero-order valence-corrected chi connectivity index (χ0v) is 10.6. The Kier molecular flexibility index (Phi) is 3.88. The van der Waals surface area contributed by atoms with Crippen molar-refractivity contribution in [1.29, 1.82) is 0 Å². The largest absolute Gasteiger partial charge is 0.362 e. The summed E-state index contributed by atoms with van der Waals surface area (Å²) in [6.45, 7) is 6.18. The average Bonchev–Trinajstić information content (AvgIpc) is 2.69. The topological polar surface area (TPSA) is 42.2 Å². The smallest absolute Gasteiger partial charge is 0.157 e. The molecule has 1 aromatic rings. The molecule has 88 valence electrons. The van der Waals surface area contributed by atoms with Crippen LogP contribution in [0.5, 0.6) is 0 Å². The van der Waals surface area contributed by atoms with Crippen LogP contribution in [-0.4, -0.2) is 32.6 Å². The van der Waals surface area contributed by atoms with Crippen molar-refractivity contribution in [2.75, 3.05) is 6.54 Å². The fraction of sp³-hybridized carbons (Fsp3) is 0.636. The molecule has 1 aromatic heterocycles. The van der Waals surface area contributed by atoms with Crippen molar-refractivity contribution in [1.82, 2.24) is 14.9 Å². The lowest BCUT2D eigenvalue weighted by molar-refractivity contribution is 0.596. The molecule has 0 amide bonds. The molecule has 1 aliphatic heterocycles. The second-order valence-corrected chi connectivity index (χ2v) is 5.62. The summed E-state index contributed by atoms with van der Waals surface area (Å²) in [5, 5.41) is 5.17. The highest BCUT2D eigenvalue weighted by Gasteiger charge is 2.19. The molecule has 2 atom stereocenters. The summed E-state index contributed by atoms with van der Waals surface area (Å²) < 4.78 is 2.05. The molecule has 4 nitrogen and oxygen atoms in total. The van der Waals surface area contributed by atoms with Gasteiger partial charge in [-0.3, -0.25) is 4.99 Å². The van der Waals surface area contributed by atoms with Crippen molar-refractivity contribution in [3.8, 4) is 0 Å². The van der Waals surface area contributed by atoms with E-state index in [1.165, 1.54) is 6.42 Å². The molecule has 1 aliphatic rings. The van der Waals surface area contributed by atoms with Crippen LogP contribution in [0.1, 0.15) is 20.3 Å². The predicted molar refractivity (Wildman–Crippen MR) is 68.8 cm³/mol. The monoisotopic (exact) mass is 238 g/mol. The van der Waals surface area contributed by atoms with Gasteiger partial charge in [-0.25, -0.2) is 4.98 Å². The quantitative estimate of drug-likeness (QED) is 0.872. The van der Waals surface area contributed by atoms with Gasteiger partial charge in [0.05, 0.1) is 12.9 Å². The molecule has 2 heterocycles. The molecule has 0 saturated carbocycles. The number of amidine groups is 1. The minimum Gasteiger partial charge on any atom is -0.362 e. The SMILES string of the molecule is CC1CC(C)SC(=NCCn2ccnc2)N1. The first-order valence-corrected chi connectivity index (χ1v) is 6.55. The van der Waals surface area contributed by atoms with Crippen LogP contribution in [0.2, 0.25) is 0 Å². The second kappa shape index (κ2) is 5.39. The Morgan fingerprint density at radius 2 is 2.50 bits per heavy atom. The highest BCUT2D eigenvalue weighted by molar-refractivity contribution is 8.14. The summed E-state index contributed by atoms with van der Waals surface area (Å²) in [4.78, 5) is 8.58. The number of rotatable bonds is 3. The maximum atomic E-state index is 4.58. The molecule has 16 heavy (non-hydrogen) atoms. The lowest BCUT2D eigenvalue weighted by atomic mass is 10.2. The molecule has 2 rings (SSSR count). The average molecular weight is 238 g/mol. The van der Waals surface area contributed by atoms with E-state index in [2.05, 4.69) is 29.1 Å². The van der Waals surface area contributed by atoms with E-state index in [1.807, 2.05) is 28.9 Å². The molecule has 0 spiro atoms. The first-order valence-electron chi connectivity index (χ1n) is 5.67. The molecule has 5 heteroatoms. The molecule has 0 bridgehead atoms. The van der Waals surface area contributed by atoms with Crippen LogP contribution in [0, 0.1) is 0 Å². The van der Waals surface area contributed by atoms with Gasteiger partial charge in [0.25, 0.3) is 0 Å². The van der Waals surface area contributed by atoms with Gasteiger partial charge in [0.2, 0.25) is 0 Å². The summed E-state index contributed by atoms with van der Waals surface area (Å²) in [5.41, 5.74) is 0. The Hall–Kier alpha value is -0.970. The van der Waals surface area contributed by atoms with E-state index in [9.17, 15) is 0 Å². The number of imidazole rings is 1. The minimum atomic E-state index is 0.545. The Labute approximate surface area is 101 Å². The van der Waals surface area contributed by atoms with E-state index in [-0.39, 0.29) is 0 Å². The summed E-state index contributed by atoms with van der Waals surface area (Å²) in [5.74, 6) is 0. The number of nitrogens with one attached hydrogen (secondary N) is 1. The van der Waals surface area contributed by atoms with Gasteiger partial charge < -0.3 is 9.88 Å². The number of thioether (sulfide) groups is 1. The fourth-order valence-corrected chi connectivity index (χ4v) is 3.01. The zero-order chi connectivity index (χ0) is 11.4. The van der Waals surface area contributed by atoms with Gasteiger partial charge in [-0.05, 0) is 13.3 Å². The normalized spacial score (nSPS) is 28.0. The van der Waals surface area contributed by atoms with Gasteiger partial charge >= 0.3 is 0 Å². The Morgan fingerprint density at radius 3 is 3.19 bits per heavy atom. The summed E-state index contributed by atoms with van der Waals surface area (Å²) in [6.07, 6.45) is 6.80. The van der Waals surface area contributed by atoms with E-state index < -0.39 is 0 Å². The molecule has 1 N–H and O–H groups in total. The zero-order valence-electron chi connectivity index (χ0n) is 9.76. The molecular formula is C11H18N4S. The molecule has 1 saturated heterocycles. The van der Waals surface area contributed by atoms with Gasteiger partial charge in [-0.1, -0.05) is 18.7 Å². The van der Waals surface area contributed by atoms with Crippen molar-refractivity contribution in [2.24, 2.45) is 4.99 Å². The third kappa shape index (κ3) is 3.27. The van der Waals surface area contributed by atoms with Crippen molar-refractivity contribution in [3.05, 3.63) is 18.7 Å². The Morgan fingerprint density at radius 1 is 1.62 bits per heavy atom. The van der Waals surface area contributed by atoms with Gasteiger partial charge in [0.1, 0.15) is 0 Å². The van der Waals surface area contributed by atoms with Crippen LogP contribution in [-0.2, 0) is 6.54 Å². The van der Waals surface area contributed by atoms with Gasteiger partial charge in [-0.15, -0.1) is 0 Å². The lowest BCUT2D eigenvalue weighted by Gasteiger charge is -2.26. The van der Waals surface area contributed by atoms with Crippen molar-refractivity contribution >= 4 is 16.9 Å². The number of nitrogens with zero attached hydrogens (tertiary/aromatic N) is 3. The van der Waals surface area contributed by atoms with E-state index in [1.54, 1.807) is 6.20 Å². The highest BCUT2D eigenvalue weighted by atomic mass is 32.2. The molecule has 1 fully saturated rings. The standard InChI is InChI=1S/C11H18N4S/c1-9-7-10(2)16-11(14-9)13-4-6-15-5-3-12-8-15/h3,5,8-10H,4,6-7H2,1-2H3,(H,13,14). The number of hydrogen-bond acceptors (Lipinski definition) is 3. The van der Waals surface area contributed by atoms with Crippen LogP contribution in [0.3, 0.4) is 0 Å². The van der Waals surface area contributed by atoms with Crippen LogP contribution in [0.4, 0.5) is 0 Å². The Balaban J connectivity index is 1.82. The third-order valence-corrected chi connectivity index (χ3v) is 3.61. The van der Waals surface area contributed by atoms with Crippen molar-refractivity contribution in [3.63, 3.8) is 0 Å². The van der Waals surface area contributed by atoms with Crippen LogP contribution in [0.15, 0.2) is 23.7 Å². The van der Waals surface area contributed by atoms with E-state index in [0.717, 1.165) is 18.3 Å². The number of aromatic nitrogens is 2. The first-order chi connectivity index (χ1) is 7.74. The van der Waals surface area contributed by atoms with Crippen LogP contribution in [0.25, 0.3) is 0 Å². The van der Waals surface area contributed by atoms with Gasteiger partial charge in [0, 0.05) is 30.2 Å². The van der Waals surface area contributed by atoms with E-state index in [4.69, 9.17) is 0 Å². The molecule has 0 aliphatic carbocycles. The Bertz CT molecular complexity index is 335. The van der Waals surface area contributed by atoms with Gasteiger partial charge in [-0.2, -0.15) is 0 Å². The van der Waals surface area contributed by atoms with Crippen molar-refractivity contribution < 1.29 is 0 Å². The van der Waals surface area contributed by atoms with E-state index in [0.29, 0.717) is 11.3 Å². The minimum absolute atomic E-state index is 0.545. The first kappa shape index (κ1) is 11.5. The molecular weight excluding hydrogens is 220 g/mol. The second-order valence-electron chi connectivity index (χ2n) is 4.20. The van der Waals surface area contributed by atoms with Crippen LogP contribution >= 0.6 is 11.8 Å². The third-order valence-electron chi connectivity index (χ3n) is 2.54. The summed E-state index contributed by atoms with van der Waals surface area (Å²) in [6, 6.07) is 0.545. The number of aliphatic imine (C=N–C) groups is 1. The van der Waals surface area contributed by atoms with Gasteiger partial charge in [0.15, 0.2) is 5.17 Å². The maximum Gasteiger partial charge on any atom is 0.157 e. The molecule has 0 radical (unpaired) electrons. The highest BCUT2D eigenvalue weighted by Crippen LogP contribution is 2.21. The summed E-state index contributed by atoms with van der Waals surface area (Å²) in [7, 11) is 0. The van der Waals surface area contributed by atoms with E-state index >= 15 is 0 Å². The summed E-state index contributed by atoms with van der Waals surface area (Å²) >= 11 is 1.84.